The summed E-state index contributed by atoms with van der Waals surface area (Å²) in [6.45, 7) is 2.00. The molecule has 0 radical (unpaired) electrons. The van der Waals surface area contributed by atoms with Crippen LogP contribution in [0, 0.1) is 6.92 Å². The highest BCUT2D eigenvalue weighted by Gasteiger charge is 2.09. The Hall–Kier alpha value is -2.56. The molecule has 3 rings (SSSR count). The molecule has 5 heteroatoms. The number of hydrogen-bond acceptors (Lipinski definition) is 5. The molecule has 0 unspecified atom stereocenters. The van der Waals surface area contributed by atoms with Crippen LogP contribution in [0.4, 0.5) is 0 Å². The van der Waals surface area contributed by atoms with Crippen molar-refractivity contribution >= 4 is 10.8 Å². The zero-order valence-corrected chi connectivity index (χ0v) is 10.3. The Morgan fingerprint density at radius 2 is 1.89 bits per heavy atom. The maximum Gasteiger partial charge on any atom is 0.162 e. The van der Waals surface area contributed by atoms with Crippen LogP contribution in [0.1, 0.15) is 11.4 Å². The van der Waals surface area contributed by atoms with Crippen LogP contribution in [-0.2, 0) is 6.61 Å². The maximum absolute atomic E-state index is 9.92. The van der Waals surface area contributed by atoms with E-state index in [0.717, 1.165) is 10.8 Å². The molecule has 0 aliphatic heterocycles. The molecule has 3 aromatic rings. The van der Waals surface area contributed by atoms with E-state index >= 15 is 0 Å². The van der Waals surface area contributed by atoms with Gasteiger partial charge in [-0.05, 0) is 29.8 Å². The molecule has 0 saturated heterocycles. The highest BCUT2D eigenvalue weighted by Crippen LogP contribution is 2.31. The van der Waals surface area contributed by atoms with Gasteiger partial charge in [-0.2, -0.15) is 0 Å². The number of phenolic OH excluding ortho intramolecular Hbond substituents is 1. The van der Waals surface area contributed by atoms with Crippen molar-refractivity contribution in [3.63, 3.8) is 0 Å². The quantitative estimate of drug-likeness (QED) is 0.780. The van der Waals surface area contributed by atoms with Crippen molar-refractivity contribution in [2.24, 2.45) is 0 Å². The van der Waals surface area contributed by atoms with Gasteiger partial charge in [0.2, 0.25) is 0 Å². The average Bonchev–Trinajstić information content (AvgIpc) is 2.82. The molecule has 1 N–H and O–H groups in total. The highest BCUT2D eigenvalue weighted by molar-refractivity contribution is 5.85. The molecule has 2 aromatic carbocycles. The minimum Gasteiger partial charge on any atom is -0.504 e. The van der Waals surface area contributed by atoms with Crippen LogP contribution >= 0.6 is 0 Å². The fourth-order valence-electron chi connectivity index (χ4n) is 1.85. The van der Waals surface area contributed by atoms with Crippen LogP contribution in [0.15, 0.2) is 41.0 Å². The van der Waals surface area contributed by atoms with Crippen LogP contribution in [0.3, 0.4) is 0 Å². The topological polar surface area (TPSA) is 68.4 Å². The molecular weight excluding hydrogens is 244 g/mol. The monoisotopic (exact) mass is 256 g/mol. The van der Waals surface area contributed by atoms with E-state index in [1.165, 1.54) is 0 Å². The summed E-state index contributed by atoms with van der Waals surface area (Å²) in [5.41, 5.74) is 1.30. The average molecular weight is 256 g/mol. The summed E-state index contributed by atoms with van der Waals surface area (Å²) in [4.78, 5) is 0. The van der Waals surface area contributed by atoms with Gasteiger partial charge in [0.25, 0.3) is 0 Å². The van der Waals surface area contributed by atoms with Crippen LogP contribution in [-0.4, -0.2) is 15.4 Å². The molecule has 5 nitrogen and oxygen atoms in total. The molecule has 0 amide bonds. The molecule has 19 heavy (non-hydrogen) atoms. The molecule has 0 bridgehead atoms. The molecule has 0 atom stereocenters. The van der Waals surface area contributed by atoms with E-state index in [1.54, 1.807) is 19.1 Å². The van der Waals surface area contributed by atoms with E-state index in [9.17, 15) is 5.11 Å². The number of ether oxygens (including phenoxy) is 1. The number of rotatable bonds is 3. The first-order valence-electron chi connectivity index (χ1n) is 5.86. The molecular formula is C14H12N2O3. The van der Waals surface area contributed by atoms with Crippen molar-refractivity contribution < 1.29 is 14.5 Å². The zero-order chi connectivity index (χ0) is 13.2. The summed E-state index contributed by atoms with van der Waals surface area (Å²) in [5.74, 6) is 0.522. The predicted molar refractivity (Wildman–Crippen MR) is 69.0 cm³/mol. The van der Waals surface area contributed by atoms with Crippen molar-refractivity contribution in [2.45, 2.75) is 13.5 Å². The van der Waals surface area contributed by atoms with E-state index in [2.05, 4.69) is 14.9 Å². The smallest absolute Gasteiger partial charge is 0.162 e. The first-order valence-corrected chi connectivity index (χ1v) is 5.86. The van der Waals surface area contributed by atoms with Crippen LogP contribution in [0.25, 0.3) is 10.8 Å². The normalized spacial score (nSPS) is 10.8. The standard InChI is InChI=1S/C14H12N2O3/c1-9-12(16-19-15-9)8-18-14-7-11-5-3-2-4-10(11)6-13(14)17/h2-7,17H,8H2,1H3. The maximum atomic E-state index is 9.92. The Morgan fingerprint density at radius 1 is 1.16 bits per heavy atom. The molecule has 1 heterocycles. The number of phenols is 1. The van der Waals surface area contributed by atoms with Gasteiger partial charge in [-0.25, -0.2) is 4.63 Å². The number of aromatic hydroxyl groups is 1. The number of nitrogens with zero attached hydrogens (tertiary/aromatic N) is 2. The summed E-state index contributed by atoms with van der Waals surface area (Å²) >= 11 is 0. The van der Waals surface area contributed by atoms with Gasteiger partial charge in [-0.1, -0.05) is 34.6 Å². The van der Waals surface area contributed by atoms with Gasteiger partial charge >= 0.3 is 0 Å². The Balaban J connectivity index is 1.88. The second-order valence-corrected chi connectivity index (χ2v) is 4.25. The lowest BCUT2D eigenvalue weighted by molar-refractivity contribution is 0.262. The Bertz CT molecular complexity index is 722. The molecule has 0 aliphatic carbocycles. The fraction of sp³-hybridized carbons (Fsp3) is 0.143. The second kappa shape index (κ2) is 4.61. The lowest BCUT2D eigenvalue weighted by atomic mass is 10.1. The fourth-order valence-corrected chi connectivity index (χ4v) is 1.85. The summed E-state index contributed by atoms with van der Waals surface area (Å²) in [6.07, 6.45) is 0. The van der Waals surface area contributed by atoms with Gasteiger partial charge in [0, 0.05) is 0 Å². The summed E-state index contributed by atoms with van der Waals surface area (Å²) < 4.78 is 10.1. The highest BCUT2D eigenvalue weighted by atomic mass is 16.6. The van der Waals surface area contributed by atoms with Gasteiger partial charge in [0.1, 0.15) is 18.0 Å². The Kier molecular flexibility index (Phi) is 2.79. The first kappa shape index (κ1) is 11.5. The van der Waals surface area contributed by atoms with E-state index in [1.807, 2.05) is 24.3 Å². The van der Waals surface area contributed by atoms with Crippen LogP contribution in [0.2, 0.25) is 0 Å². The van der Waals surface area contributed by atoms with Gasteiger partial charge < -0.3 is 9.84 Å². The minimum absolute atomic E-state index is 0.104. The number of fused-ring (bicyclic) bond motifs is 1. The number of benzene rings is 2. The molecule has 96 valence electrons. The zero-order valence-electron chi connectivity index (χ0n) is 10.3. The van der Waals surface area contributed by atoms with Gasteiger partial charge in [-0.15, -0.1) is 0 Å². The molecule has 1 aromatic heterocycles. The molecule has 0 saturated carbocycles. The predicted octanol–water partition coefficient (Wildman–Crippen LogP) is 2.82. The van der Waals surface area contributed by atoms with Crippen molar-refractivity contribution in [3.05, 3.63) is 47.8 Å². The third-order valence-corrected chi connectivity index (χ3v) is 2.94. The summed E-state index contributed by atoms with van der Waals surface area (Å²) in [6, 6.07) is 11.2. The molecule has 0 aliphatic rings. The van der Waals surface area contributed by atoms with E-state index in [4.69, 9.17) is 4.74 Å². The summed E-state index contributed by atoms with van der Waals surface area (Å²) in [5, 5.41) is 19.3. The van der Waals surface area contributed by atoms with Crippen molar-refractivity contribution in [2.75, 3.05) is 0 Å². The van der Waals surface area contributed by atoms with Crippen molar-refractivity contribution in [1.82, 2.24) is 10.3 Å². The van der Waals surface area contributed by atoms with Crippen LogP contribution in [0.5, 0.6) is 11.5 Å². The number of aryl methyl sites for hydroxylation is 1. The molecule has 0 spiro atoms. The van der Waals surface area contributed by atoms with E-state index in [-0.39, 0.29) is 12.4 Å². The van der Waals surface area contributed by atoms with Crippen LogP contribution < -0.4 is 4.74 Å². The van der Waals surface area contributed by atoms with Gasteiger partial charge in [0.15, 0.2) is 11.5 Å². The van der Waals surface area contributed by atoms with Gasteiger partial charge in [0.05, 0.1) is 0 Å². The number of aromatic nitrogens is 2. The molecule has 0 fully saturated rings. The lowest BCUT2D eigenvalue weighted by Gasteiger charge is -2.08. The summed E-state index contributed by atoms with van der Waals surface area (Å²) in [7, 11) is 0. The van der Waals surface area contributed by atoms with Crippen molar-refractivity contribution in [3.8, 4) is 11.5 Å². The number of hydrogen-bond donors (Lipinski definition) is 1. The largest absolute Gasteiger partial charge is 0.504 e. The van der Waals surface area contributed by atoms with Gasteiger partial charge in [-0.3, -0.25) is 0 Å². The third kappa shape index (κ3) is 2.22. The van der Waals surface area contributed by atoms with E-state index in [0.29, 0.717) is 17.1 Å². The lowest BCUT2D eigenvalue weighted by Crippen LogP contribution is -1.98. The minimum atomic E-state index is 0.104. The first-order chi connectivity index (χ1) is 9.24. The van der Waals surface area contributed by atoms with Crippen molar-refractivity contribution in [1.29, 1.82) is 0 Å². The third-order valence-electron chi connectivity index (χ3n) is 2.94. The van der Waals surface area contributed by atoms with E-state index < -0.39 is 0 Å². The Morgan fingerprint density at radius 3 is 2.58 bits per heavy atom. The second-order valence-electron chi connectivity index (χ2n) is 4.25. The SMILES string of the molecule is Cc1nonc1COc1cc2ccccc2cc1O. The Labute approximate surface area is 109 Å².